The highest BCUT2D eigenvalue weighted by Crippen LogP contribution is 2.24. The van der Waals surface area contributed by atoms with Gasteiger partial charge in [-0.05, 0) is 43.9 Å². The lowest BCUT2D eigenvalue weighted by Crippen LogP contribution is -2.42. The van der Waals surface area contributed by atoms with Gasteiger partial charge < -0.3 is 4.90 Å². The zero-order valence-corrected chi connectivity index (χ0v) is 18.6. The number of amides is 1. The molecule has 2 aliphatic heterocycles. The molecule has 29 heavy (non-hydrogen) atoms. The molecule has 0 N–H and O–H groups in total. The Kier molecular flexibility index (Phi) is 7.01. The van der Waals surface area contributed by atoms with Gasteiger partial charge in [-0.2, -0.15) is 4.31 Å². The Bertz CT molecular complexity index is 937. The van der Waals surface area contributed by atoms with Gasteiger partial charge in [-0.1, -0.05) is 25.8 Å². The maximum Gasteiger partial charge on any atom is 0.254 e. The summed E-state index contributed by atoms with van der Waals surface area (Å²) in [5.41, 5.74) is 0.295. The third kappa shape index (κ3) is 5.19. The first-order chi connectivity index (χ1) is 13.7. The van der Waals surface area contributed by atoms with E-state index in [1.165, 1.54) is 16.4 Å². The second-order valence-corrected chi connectivity index (χ2v) is 12.1. The summed E-state index contributed by atoms with van der Waals surface area (Å²) in [5, 5.41) is 0. The van der Waals surface area contributed by atoms with Crippen LogP contribution in [0.15, 0.2) is 29.2 Å². The van der Waals surface area contributed by atoms with Crippen LogP contribution in [0.5, 0.6) is 0 Å². The maximum atomic E-state index is 13.2. The third-order valence-corrected chi connectivity index (χ3v) is 9.34. The lowest BCUT2D eigenvalue weighted by Gasteiger charge is -2.29. The minimum atomic E-state index is -3.63. The summed E-state index contributed by atoms with van der Waals surface area (Å²) >= 11 is 0. The molecule has 0 unspecified atom stereocenters. The first-order valence-electron chi connectivity index (χ1n) is 10.4. The molecule has 9 heteroatoms. The molecular formula is C20H30N2O5S2. The van der Waals surface area contributed by atoms with Crippen LogP contribution in [-0.2, 0) is 19.9 Å². The number of rotatable bonds is 7. The van der Waals surface area contributed by atoms with Crippen LogP contribution in [0.25, 0.3) is 0 Å². The predicted molar refractivity (Wildman–Crippen MR) is 112 cm³/mol. The van der Waals surface area contributed by atoms with Crippen molar-refractivity contribution in [3.8, 4) is 0 Å². The number of sulfonamides is 1. The molecule has 1 amide bonds. The standard InChI is InChI=1S/C20H30N2O5S2/c1-2-3-13-22(18-10-14-28(24,25)16-18)20(23)17-8-7-9-19(15-17)29(26,27)21-11-5-4-6-12-21/h7-9,15,18H,2-6,10-14,16H2,1H3/t18-/m0/s1. The van der Waals surface area contributed by atoms with Crippen molar-refractivity contribution in [3.63, 3.8) is 0 Å². The number of carbonyl (C=O) groups is 1. The smallest absolute Gasteiger partial charge is 0.254 e. The van der Waals surface area contributed by atoms with Gasteiger partial charge >= 0.3 is 0 Å². The van der Waals surface area contributed by atoms with Crippen LogP contribution in [0.4, 0.5) is 0 Å². The summed E-state index contributed by atoms with van der Waals surface area (Å²) in [6, 6.07) is 5.82. The largest absolute Gasteiger partial charge is 0.335 e. The lowest BCUT2D eigenvalue weighted by molar-refractivity contribution is 0.0694. The number of piperidine rings is 1. The molecular weight excluding hydrogens is 412 g/mol. The van der Waals surface area contributed by atoms with E-state index in [1.54, 1.807) is 17.0 Å². The maximum absolute atomic E-state index is 13.2. The van der Waals surface area contributed by atoms with Crippen molar-refractivity contribution in [2.45, 2.75) is 56.4 Å². The molecule has 0 radical (unpaired) electrons. The SMILES string of the molecule is CCCCN(C(=O)c1cccc(S(=O)(=O)N2CCCCC2)c1)[C@H]1CCS(=O)(=O)C1. The molecule has 7 nitrogen and oxygen atoms in total. The Morgan fingerprint density at radius 1 is 1.21 bits per heavy atom. The van der Waals surface area contributed by atoms with Crippen molar-refractivity contribution in [2.24, 2.45) is 0 Å². The Morgan fingerprint density at radius 3 is 2.55 bits per heavy atom. The number of hydrogen-bond donors (Lipinski definition) is 0. The Morgan fingerprint density at radius 2 is 1.93 bits per heavy atom. The number of sulfone groups is 1. The van der Waals surface area contributed by atoms with Gasteiger partial charge in [0, 0.05) is 31.2 Å². The average molecular weight is 443 g/mol. The summed E-state index contributed by atoms with van der Waals surface area (Å²) in [5.74, 6) is -0.221. The van der Waals surface area contributed by atoms with Crippen molar-refractivity contribution in [2.75, 3.05) is 31.1 Å². The molecule has 2 saturated heterocycles. The van der Waals surface area contributed by atoms with Crippen LogP contribution in [-0.4, -0.2) is 69.1 Å². The highest BCUT2D eigenvalue weighted by atomic mass is 32.2. The van der Waals surface area contributed by atoms with E-state index >= 15 is 0 Å². The van der Waals surface area contributed by atoms with Crippen molar-refractivity contribution in [1.82, 2.24) is 9.21 Å². The van der Waals surface area contributed by atoms with Crippen LogP contribution >= 0.6 is 0 Å². The summed E-state index contributed by atoms with van der Waals surface area (Å²) in [7, 11) is -6.76. The summed E-state index contributed by atoms with van der Waals surface area (Å²) in [6.07, 6.45) is 4.81. The highest BCUT2D eigenvalue weighted by Gasteiger charge is 2.35. The fourth-order valence-electron chi connectivity index (χ4n) is 4.01. The molecule has 1 aromatic carbocycles. The van der Waals surface area contributed by atoms with E-state index in [0.717, 1.165) is 32.1 Å². The molecule has 0 saturated carbocycles. The van der Waals surface area contributed by atoms with Crippen LogP contribution in [0, 0.1) is 0 Å². The molecule has 1 aromatic rings. The third-order valence-electron chi connectivity index (χ3n) is 5.70. The molecule has 2 aliphatic rings. The van der Waals surface area contributed by atoms with E-state index in [2.05, 4.69) is 0 Å². The van der Waals surface area contributed by atoms with E-state index in [-0.39, 0.29) is 28.4 Å². The predicted octanol–water partition coefficient (Wildman–Crippen LogP) is 2.29. The molecule has 3 rings (SSSR count). The second-order valence-electron chi connectivity index (χ2n) is 7.90. The van der Waals surface area contributed by atoms with Gasteiger partial charge in [-0.25, -0.2) is 16.8 Å². The fourth-order valence-corrected chi connectivity index (χ4v) is 7.30. The topological polar surface area (TPSA) is 91.8 Å². The second kappa shape index (κ2) is 9.14. The minimum Gasteiger partial charge on any atom is -0.335 e. The van der Waals surface area contributed by atoms with E-state index in [0.29, 0.717) is 31.6 Å². The zero-order valence-electron chi connectivity index (χ0n) is 16.9. The van der Waals surface area contributed by atoms with Crippen LogP contribution in [0.3, 0.4) is 0 Å². The van der Waals surface area contributed by atoms with Gasteiger partial charge in [0.05, 0.1) is 16.4 Å². The molecule has 0 spiro atoms. The molecule has 0 bridgehead atoms. The van der Waals surface area contributed by atoms with Crippen molar-refractivity contribution >= 4 is 25.8 Å². The molecule has 2 heterocycles. The average Bonchev–Trinajstić information content (AvgIpc) is 3.08. The number of carbonyl (C=O) groups excluding carboxylic acids is 1. The van der Waals surface area contributed by atoms with Gasteiger partial charge in [0.15, 0.2) is 9.84 Å². The summed E-state index contributed by atoms with van der Waals surface area (Å²) < 4.78 is 51.3. The van der Waals surface area contributed by atoms with Crippen LogP contribution in [0.1, 0.15) is 55.8 Å². The number of hydrogen-bond acceptors (Lipinski definition) is 5. The first kappa shape index (κ1) is 22.2. The molecule has 0 aliphatic carbocycles. The Balaban J connectivity index is 1.86. The molecule has 162 valence electrons. The van der Waals surface area contributed by atoms with Crippen LogP contribution in [0.2, 0.25) is 0 Å². The van der Waals surface area contributed by atoms with Gasteiger partial charge in [0.2, 0.25) is 10.0 Å². The van der Waals surface area contributed by atoms with Gasteiger partial charge in [-0.3, -0.25) is 4.79 Å². The van der Waals surface area contributed by atoms with Gasteiger partial charge in [-0.15, -0.1) is 0 Å². The molecule has 0 aromatic heterocycles. The van der Waals surface area contributed by atoms with Crippen LogP contribution < -0.4 is 0 Å². The molecule has 2 fully saturated rings. The first-order valence-corrected chi connectivity index (χ1v) is 13.6. The summed E-state index contributed by atoms with van der Waals surface area (Å²) in [4.78, 5) is 15.0. The van der Waals surface area contributed by atoms with Crippen molar-refractivity contribution in [1.29, 1.82) is 0 Å². The highest BCUT2D eigenvalue weighted by molar-refractivity contribution is 7.91. The van der Waals surface area contributed by atoms with Crippen molar-refractivity contribution in [3.05, 3.63) is 29.8 Å². The van der Waals surface area contributed by atoms with E-state index in [4.69, 9.17) is 0 Å². The van der Waals surface area contributed by atoms with E-state index in [9.17, 15) is 21.6 Å². The zero-order chi connectivity index (χ0) is 21.1. The Labute approximate surface area is 174 Å². The summed E-state index contributed by atoms with van der Waals surface area (Å²) in [6.45, 7) is 3.49. The minimum absolute atomic E-state index is 0.0196. The van der Waals surface area contributed by atoms with Gasteiger partial charge in [0.25, 0.3) is 5.91 Å². The molecule has 1 atom stereocenters. The van der Waals surface area contributed by atoms with E-state index < -0.39 is 19.9 Å². The quantitative estimate of drug-likeness (QED) is 0.646. The van der Waals surface area contributed by atoms with Gasteiger partial charge in [0.1, 0.15) is 0 Å². The number of unbranched alkanes of at least 4 members (excludes halogenated alkanes) is 1. The Hall–Kier alpha value is -1.45. The lowest BCUT2D eigenvalue weighted by atomic mass is 10.1. The fraction of sp³-hybridized carbons (Fsp3) is 0.650. The number of benzene rings is 1. The van der Waals surface area contributed by atoms with Crippen molar-refractivity contribution < 1.29 is 21.6 Å². The van der Waals surface area contributed by atoms with E-state index in [1.807, 2.05) is 6.92 Å². The number of nitrogens with zero attached hydrogens (tertiary/aromatic N) is 2. The normalized spacial score (nSPS) is 22.4. The monoisotopic (exact) mass is 442 g/mol.